The molecular formula is C9H15N2O2+. The molecule has 0 atom stereocenters. The summed E-state index contributed by atoms with van der Waals surface area (Å²) in [6, 6.07) is 0. The second kappa shape index (κ2) is 4.70. The van der Waals surface area contributed by atoms with Crippen molar-refractivity contribution in [1.29, 1.82) is 5.39 Å². The van der Waals surface area contributed by atoms with Crippen LogP contribution in [0.5, 0.6) is 0 Å². The zero-order valence-corrected chi connectivity index (χ0v) is 7.81. The van der Waals surface area contributed by atoms with Crippen LogP contribution in [0, 0.1) is 11.3 Å². The van der Waals surface area contributed by atoms with Gasteiger partial charge in [-0.1, -0.05) is 6.92 Å². The van der Waals surface area contributed by atoms with E-state index in [-0.39, 0.29) is 12.0 Å². The molecule has 1 fully saturated rings. The van der Waals surface area contributed by atoms with Crippen LogP contribution >= 0.6 is 0 Å². The summed E-state index contributed by atoms with van der Waals surface area (Å²) in [4.78, 5) is 2.68. The number of nitrogens with zero attached hydrogens (tertiary/aromatic N) is 2. The fourth-order valence-corrected chi connectivity index (χ4v) is 1.60. The molecule has 0 aromatic carbocycles. The second-order valence-electron chi connectivity index (χ2n) is 3.58. The van der Waals surface area contributed by atoms with E-state index < -0.39 is 0 Å². The van der Waals surface area contributed by atoms with Crippen LogP contribution in [0.4, 0.5) is 0 Å². The zero-order chi connectivity index (χ0) is 9.68. The van der Waals surface area contributed by atoms with Gasteiger partial charge in [-0.15, -0.1) is 0 Å². The maximum absolute atomic E-state index is 9.05. The van der Waals surface area contributed by atoms with Crippen LogP contribution < -0.4 is 0 Å². The van der Waals surface area contributed by atoms with Gasteiger partial charge >= 0.3 is 12.1 Å². The topological polar surface area (TPSA) is 57.6 Å². The minimum absolute atomic E-state index is 0.0780. The molecule has 72 valence electrons. The van der Waals surface area contributed by atoms with Gasteiger partial charge < -0.3 is 9.84 Å². The number of hydrogen-bond donors (Lipinski definition) is 1. The van der Waals surface area contributed by atoms with E-state index >= 15 is 0 Å². The Kier molecular flexibility index (Phi) is 3.56. The molecule has 1 rings (SSSR count). The lowest BCUT2D eigenvalue weighted by atomic mass is 9.89. The van der Waals surface area contributed by atoms with E-state index in [1.807, 2.05) is 0 Å². The minimum Gasteiger partial charge on any atom is -0.476 e. The van der Waals surface area contributed by atoms with Crippen LogP contribution in [-0.2, 0) is 4.74 Å². The Morgan fingerprint density at radius 2 is 2.08 bits per heavy atom. The predicted molar refractivity (Wildman–Crippen MR) is 48.3 cm³/mol. The molecule has 0 bridgehead atoms. The van der Waals surface area contributed by atoms with E-state index in [1.54, 1.807) is 0 Å². The summed E-state index contributed by atoms with van der Waals surface area (Å²) in [5.74, 6) is 0.454. The molecule has 4 nitrogen and oxygen atoms in total. The molecule has 1 aliphatic rings. The van der Waals surface area contributed by atoms with Crippen molar-refractivity contribution < 1.29 is 9.84 Å². The molecule has 0 amide bonds. The monoisotopic (exact) mass is 183 g/mol. The highest BCUT2D eigenvalue weighted by Gasteiger charge is 2.20. The first-order valence-corrected chi connectivity index (χ1v) is 4.62. The summed E-state index contributed by atoms with van der Waals surface area (Å²) >= 11 is 0. The van der Waals surface area contributed by atoms with Gasteiger partial charge in [0, 0.05) is 0 Å². The molecule has 0 unspecified atom stereocenters. The van der Waals surface area contributed by atoms with E-state index in [0.29, 0.717) is 0 Å². The molecule has 1 aliphatic carbocycles. The highest BCUT2D eigenvalue weighted by molar-refractivity contribution is 4.89. The first-order chi connectivity index (χ1) is 6.22. The highest BCUT2D eigenvalue weighted by atomic mass is 16.6. The molecule has 1 N–H and O–H groups in total. The standard InChI is InChI=1S/C9H14N2O2/c1-7-2-4-8(5-3-7)13-9(12)6-11-10/h6-8H,2-5H2,1H3/p+1/b9-6+. The van der Waals surface area contributed by atoms with Gasteiger partial charge in [0.25, 0.3) is 0 Å². The van der Waals surface area contributed by atoms with Gasteiger partial charge in [-0.25, -0.2) is 0 Å². The molecule has 0 aliphatic heterocycles. The number of aliphatic hydroxyl groups excluding tert-OH is 1. The largest absolute Gasteiger partial charge is 0.476 e. The van der Waals surface area contributed by atoms with Crippen LogP contribution in [0.1, 0.15) is 32.6 Å². The van der Waals surface area contributed by atoms with Crippen molar-refractivity contribution in [2.45, 2.75) is 38.7 Å². The molecule has 0 aromatic rings. The fourth-order valence-electron chi connectivity index (χ4n) is 1.60. The van der Waals surface area contributed by atoms with Gasteiger partial charge in [-0.05, 0) is 31.6 Å². The number of diazo groups is 1. The summed E-state index contributed by atoms with van der Waals surface area (Å²) < 4.78 is 5.14. The molecule has 13 heavy (non-hydrogen) atoms. The average molecular weight is 183 g/mol. The number of ether oxygens (including phenoxy) is 1. The van der Waals surface area contributed by atoms with Gasteiger partial charge in [0.15, 0.2) is 4.98 Å². The van der Waals surface area contributed by atoms with Crippen LogP contribution in [0.15, 0.2) is 12.1 Å². The molecule has 0 radical (unpaired) electrons. The van der Waals surface area contributed by atoms with Gasteiger partial charge in [0.05, 0.1) is 0 Å². The zero-order valence-electron chi connectivity index (χ0n) is 7.81. The van der Waals surface area contributed by atoms with E-state index in [1.165, 1.54) is 0 Å². The molecule has 0 heterocycles. The number of aliphatic hydroxyl groups is 1. The Morgan fingerprint density at radius 1 is 1.46 bits per heavy atom. The van der Waals surface area contributed by atoms with Gasteiger partial charge in [-0.3, -0.25) is 0 Å². The van der Waals surface area contributed by atoms with Crippen molar-refractivity contribution in [2.24, 2.45) is 5.92 Å². The van der Waals surface area contributed by atoms with E-state index in [2.05, 4.69) is 11.9 Å². The van der Waals surface area contributed by atoms with Crippen LogP contribution in [0.3, 0.4) is 0 Å². The Balaban J connectivity index is 2.31. The Morgan fingerprint density at radius 3 is 2.62 bits per heavy atom. The van der Waals surface area contributed by atoms with Crippen LogP contribution in [0.2, 0.25) is 0 Å². The summed E-state index contributed by atoms with van der Waals surface area (Å²) in [7, 11) is 0. The third-order valence-corrected chi connectivity index (χ3v) is 2.42. The summed E-state index contributed by atoms with van der Waals surface area (Å²) in [5, 5.41) is 17.2. The SMILES string of the molecule is CC1CCC(O/C(O)=C/[N+]#N)CC1. The predicted octanol–water partition coefficient (Wildman–Crippen LogP) is 2.79. The van der Waals surface area contributed by atoms with Crippen LogP contribution in [0.25, 0.3) is 4.98 Å². The first-order valence-electron chi connectivity index (χ1n) is 4.62. The normalized spacial score (nSPS) is 29.4. The second-order valence-corrected chi connectivity index (χ2v) is 3.58. The van der Waals surface area contributed by atoms with E-state index in [0.717, 1.165) is 37.8 Å². The lowest BCUT2D eigenvalue weighted by Gasteiger charge is -2.25. The third kappa shape index (κ3) is 3.32. The van der Waals surface area contributed by atoms with Crippen molar-refractivity contribution in [1.82, 2.24) is 0 Å². The van der Waals surface area contributed by atoms with E-state index in [4.69, 9.17) is 15.2 Å². The first kappa shape index (κ1) is 9.85. The highest BCUT2D eigenvalue weighted by Crippen LogP contribution is 2.26. The van der Waals surface area contributed by atoms with Crippen molar-refractivity contribution in [3.63, 3.8) is 0 Å². The maximum Gasteiger partial charge on any atom is 0.429 e. The van der Waals surface area contributed by atoms with Crippen molar-refractivity contribution in [2.75, 3.05) is 0 Å². The summed E-state index contributed by atoms with van der Waals surface area (Å²) in [6.45, 7) is 2.22. The molecule has 1 saturated carbocycles. The van der Waals surface area contributed by atoms with Crippen LogP contribution in [-0.4, -0.2) is 11.2 Å². The number of hydrogen-bond acceptors (Lipinski definition) is 3. The lowest BCUT2D eigenvalue weighted by Crippen LogP contribution is -2.20. The summed E-state index contributed by atoms with van der Waals surface area (Å²) in [5.41, 5.74) is 0. The molecule has 0 aromatic heterocycles. The van der Waals surface area contributed by atoms with Gasteiger partial charge in [0.2, 0.25) is 5.39 Å². The molecule has 4 heteroatoms. The minimum atomic E-state index is -0.304. The molecular weight excluding hydrogens is 168 g/mol. The van der Waals surface area contributed by atoms with E-state index in [9.17, 15) is 0 Å². The van der Waals surface area contributed by atoms with Gasteiger partial charge in [0.1, 0.15) is 6.10 Å². The quantitative estimate of drug-likeness (QED) is 0.529. The lowest BCUT2D eigenvalue weighted by molar-refractivity contribution is 0.00601. The Bertz CT molecular complexity index is 224. The van der Waals surface area contributed by atoms with Gasteiger partial charge in [-0.2, -0.15) is 0 Å². The average Bonchev–Trinajstić information content (AvgIpc) is 2.09. The maximum atomic E-state index is 9.05. The number of rotatable bonds is 2. The molecule has 0 saturated heterocycles. The van der Waals surface area contributed by atoms with Crippen molar-refractivity contribution in [3.8, 4) is 0 Å². The Labute approximate surface area is 77.8 Å². The summed E-state index contributed by atoms with van der Waals surface area (Å²) in [6.07, 6.45) is 5.17. The third-order valence-electron chi connectivity index (χ3n) is 2.42. The smallest absolute Gasteiger partial charge is 0.429 e. The Hall–Kier alpha value is -1.24. The van der Waals surface area contributed by atoms with Crippen molar-refractivity contribution in [3.05, 3.63) is 17.1 Å². The van der Waals surface area contributed by atoms with Crippen molar-refractivity contribution >= 4 is 0 Å². The fraction of sp³-hybridized carbons (Fsp3) is 0.778. The molecule has 0 spiro atoms.